The number of carbonyl (C=O) groups excluding carboxylic acids is 2. The Kier molecular flexibility index (Phi) is 64.9. The number of phosphoric acid groups is 1. The fourth-order valence-corrected chi connectivity index (χ4v) is 11.5. The van der Waals surface area contributed by atoms with Crippen molar-refractivity contribution in [1.29, 1.82) is 0 Å². The maximum Gasteiger partial charge on any atom is 0.306 e. The molecule has 0 aliphatic carbocycles. The summed E-state index contributed by atoms with van der Waals surface area (Å²) in [6.45, 7) is 6.82. The van der Waals surface area contributed by atoms with Crippen LogP contribution in [0.2, 0.25) is 0 Å². The number of carbonyl (C=O) groups is 2. The monoisotopic (exact) mass is 1250 g/mol. The zero-order chi connectivity index (χ0) is 64.2. The summed E-state index contributed by atoms with van der Waals surface area (Å²) in [5, 5.41) is 3.05. The van der Waals surface area contributed by atoms with Crippen LogP contribution in [0.4, 0.5) is 0 Å². The predicted octanol–water partition coefficient (Wildman–Crippen LogP) is 23.4. The third kappa shape index (κ3) is 67.6. The van der Waals surface area contributed by atoms with Crippen molar-refractivity contribution in [2.75, 3.05) is 40.9 Å². The maximum atomic E-state index is 13.6. The zero-order valence-electron chi connectivity index (χ0n) is 58.7. The number of hydrogen-bond donors (Lipinski definition) is 1. The lowest BCUT2D eigenvalue weighted by Gasteiger charge is -2.30. The van der Waals surface area contributed by atoms with E-state index in [2.05, 4.69) is 99.0 Å². The molecule has 0 aliphatic rings. The molecule has 0 aromatic carbocycles. The van der Waals surface area contributed by atoms with Crippen LogP contribution in [0.3, 0.4) is 0 Å². The van der Waals surface area contributed by atoms with E-state index in [1.807, 2.05) is 33.3 Å². The van der Waals surface area contributed by atoms with E-state index >= 15 is 0 Å². The molecule has 10 heteroatoms. The molecule has 0 bridgehead atoms. The van der Waals surface area contributed by atoms with Crippen molar-refractivity contribution < 1.29 is 37.3 Å². The molecule has 1 N–H and O–H groups in total. The van der Waals surface area contributed by atoms with E-state index in [-0.39, 0.29) is 24.9 Å². The van der Waals surface area contributed by atoms with Crippen molar-refractivity contribution in [3.63, 3.8) is 0 Å². The maximum absolute atomic E-state index is 13.6. The van der Waals surface area contributed by atoms with E-state index in [1.54, 1.807) is 0 Å². The Morgan fingerprint density at radius 1 is 0.398 bits per heavy atom. The lowest BCUT2D eigenvalue weighted by molar-refractivity contribution is -0.870. The molecule has 0 heterocycles. The van der Waals surface area contributed by atoms with Gasteiger partial charge in [-0.25, -0.2) is 0 Å². The van der Waals surface area contributed by atoms with Crippen LogP contribution in [-0.4, -0.2) is 69.4 Å². The Hall–Kier alpha value is -2.81. The highest BCUT2D eigenvalue weighted by molar-refractivity contribution is 7.45. The van der Waals surface area contributed by atoms with Gasteiger partial charge in [0.25, 0.3) is 7.82 Å². The van der Waals surface area contributed by atoms with E-state index in [4.69, 9.17) is 13.8 Å². The van der Waals surface area contributed by atoms with Crippen LogP contribution in [-0.2, 0) is 27.9 Å². The number of amides is 1. The summed E-state index contributed by atoms with van der Waals surface area (Å²) in [4.78, 5) is 40.3. The first-order valence-corrected chi connectivity index (χ1v) is 38.9. The predicted molar refractivity (Wildman–Crippen MR) is 381 cm³/mol. The molecule has 0 aliphatic heterocycles. The highest BCUT2D eigenvalue weighted by atomic mass is 31.2. The lowest BCUT2D eigenvalue weighted by Crippen LogP contribution is -2.47. The normalized spacial score (nSPS) is 13.9. The first-order valence-electron chi connectivity index (χ1n) is 37.4. The Balaban J connectivity index is 5.01. The Morgan fingerprint density at radius 3 is 1.06 bits per heavy atom. The topological polar surface area (TPSA) is 114 Å². The second-order valence-corrected chi connectivity index (χ2v) is 27.9. The van der Waals surface area contributed by atoms with Crippen LogP contribution in [0.1, 0.15) is 348 Å². The van der Waals surface area contributed by atoms with Gasteiger partial charge in [0.2, 0.25) is 5.91 Å². The zero-order valence-corrected chi connectivity index (χ0v) is 59.6. The highest BCUT2D eigenvalue weighted by Gasteiger charge is 2.27. The number of likely N-dealkylation sites (N-methyl/N-ethyl adjacent to an activating group) is 1. The summed E-state index contributed by atoms with van der Waals surface area (Å²) in [7, 11) is 1.19. The summed E-state index contributed by atoms with van der Waals surface area (Å²) < 4.78 is 30.5. The van der Waals surface area contributed by atoms with Gasteiger partial charge >= 0.3 is 5.97 Å². The van der Waals surface area contributed by atoms with Crippen molar-refractivity contribution in [2.45, 2.75) is 360 Å². The Bertz CT molecular complexity index is 1780. The van der Waals surface area contributed by atoms with Crippen LogP contribution in [0.15, 0.2) is 85.1 Å². The lowest BCUT2D eigenvalue weighted by atomic mass is 10.0. The van der Waals surface area contributed by atoms with Crippen molar-refractivity contribution >= 4 is 19.7 Å². The van der Waals surface area contributed by atoms with Gasteiger partial charge in [-0.1, -0.05) is 312 Å². The van der Waals surface area contributed by atoms with Gasteiger partial charge in [0.15, 0.2) is 0 Å². The molecule has 3 unspecified atom stereocenters. The molecular weight excluding hydrogens is 1110 g/mol. The molecule has 0 saturated carbocycles. The van der Waals surface area contributed by atoms with E-state index in [9.17, 15) is 19.0 Å². The Labute approximate surface area is 546 Å². The van der Waals surface area contributed by atoms with E-state index in [1.165, 1.54) is 231 Å². The van der Waals surface area contributed by atoms with Gasteiger partial charge in [-0.2, -0.15) is 0 Å². The number of nitrogens with zero attached hydrogens (tertiary/aromatic N) is 1. The fourth-order valence-electron chi connectivity index (χ4n) is 10.8. The number of rotatable bonds is 68. The van der Waals surface area contributed by atoms with Gasteiger partial charge in [0.1, 0.15) is 19.3 Å². The van der Waals surface area contributed by atoms with Crippen molar-refractivity contribution in [1.82, 2.24) is 5.32 Å². The summed E-state index contributed by atoms with van der Waals surface area (Å²) in [6.07, 6.45) is 89.9. The number of nitrogens with one attached hydrogen (secondary N) is 1. The molecule has 0 spiro atoms. The standard InChI is InChI=1S/C78H143N2O7P/c1-7-10-13-16-19-22-25-28-30-32-34-36-38-39-40-41-43-45-47-49-51-53-56-59-62-65-68-71-78(82)87-76(69-66-63-60-57-54-27-24-21-18-15-12-9-3)75(74-86-88(83,84)85-73-72-80(4,5)6)79-77(81)70-67-64-61-58-55-52-50-48-46-44-42-37-35-33-31-29-26-23-20-17-14-11-8-2/h19-20,22-23,28-31,34,36,39-40,66,69,75-76H,7-18,21,24-27,32-33,35,37-38,41-65,67-68,70-74H2,1-6H3,(H-,79,81,83,84)/b22-19-,23-20-,30-28-,31-29-,36-34-,40-39-,69-66+. The SMILES string of the molecule is CCCCC/C=C\C/C=C\C/C=C\C/C=C\CCCCCCCCCCCCCC(=O)OC(/C=C/CCCCCCCCCCCC)C(COP(=O)([O-])OCC[N+](C)(C)C)NC(=O)CCCCCCCCCCCCCCC/C=C\C/C=C\CCCCC. The van der Waals surface area contributed by atoms with Gasteiger partial charge in [-0.3, -0.25) is 14.2 Å². The molecule has 0 aromatic rings. The van der Waals surface area contributed by atoms with Gasteiger partial charge in [-0.15, -0.1) is 0 Å². The first-order chi connectivity index (χ1) is 42.9. The number of quaternary nitrogens is 1. The van der Waals surface area contributed by atoms with Crippen LogP contribution in [0.25, 0.3) is 0 Å². The van der Waals surface area contributed by atoms with Gasteiger partial charge in [-0.05, 0) is 109 Å². The van der Waals surface area contributed by atoms with Gasteiger partial charge in [0, 0.05) is 12.8 Å². The van der Waals surface area contributed by atoms with Crippen LogP contribution >= 0.6 is 7.82 Å². The molecule has 1 amide bonds. The quantitative estimate of drug-likeness (QED) is 0.0212. The molecular formula is C78H143N2O7P. The average molecular weight is 1250 g/mol. The summed E-state index contributed by atoms with van der Waals surface area (Å²) >= 11 is 0. The number of ether oxygens (including phenoxy) is 1. The number of unbranched alkanes of at least 4 members (excludes halogenated alkanes) is 40. The molecule has 0 aromatic heterocycles. The second kappa shape index (κ2) is 67.1. The number of allylic oxidation sites excluding steroid dienone is 13. The number of hydrogen-bond acceptors (Lipinski definition) is 7. The first kappa shape index (κ1) is 85.2. The third-order valence-corrected chi connectivity index (χ3v) is 17.5. The van der Waals surface area contributed by atoms with Gasteiger partial charge in [0.05, 0.1) is 33.8 Å². The summed E-state index contributed by atoms with van der Waals surface area (Å²) in [6, 6.07) is -0.894. The second-order valence-electron chi connectivity index (χ2n) is 26.4. The third-order valence-electron chi connectivity index (χ3n) is 16.5. The van der Waals surface area contributed by atoms with Crippen molar-refractivity contribution in [3.05, 3.63) is 85.1 Å². The molecule has 0 saturated heterocycles. The molecule has 0 fully saturated rings. The minimum absolute atomic E-state index is 0.0245. The van der Waals surface area contributed by atoms with Crippen LogP contribution < -0.4 is 10.2 Å². The fraction of sp³-hybridized carbons (Fsp3) is 0.795. The highest BCUT2D eigenvalue weighted by Crippen LogP contribution is 2.38. The van der Waals surface area contributed by atoms with Gasteiger partial charge < -0.3 is 28.5 Å². The average Bonchev–Trinajstić information content (AvgIpc) is 3.61. The number of esters is 1. The van der Waals surface area contributed by atoms with Crippen molar-refractivity contribution in [2.24, 2.45) is 0 Å². The van der Waals surface area contributed by atoms with E-state index < -0.39 is 26.6 Å². The minimum atomic E-state index is -4.71. The van der Waals surface area contributed by atoms with Crippen LogP contribution in [0.5, 0.6) is 0 Å². The molecule has 0 rings (SSSR count). The molecule has 512 valence electrons. The molecule has 3 atom stereocenters. The largest absolute Gasteiger partial charge is 0.756 e. The minimum Gasteiger partial charge on any atom is -0.756 e. The summed E-state index contributed by atoms with van der Waals surface area (Å²) in [5.74, 6) is -0.536. The van der Waals surface area contributed by atoms with Crippen LogP contribution in [0, 0.1) is 0 Å². The molecule has 88 heavy (non-hydrogen) atoms. The smallest absolute Gasteiger partial charge is 0.306 e. The van der Waals surface area contributed by atoms with E-state index in [0.717, 1.165) is 83.5 Å². The van der Waals surface area contributed by atoms with E-state index in [0.29, 0.717) is 17.4 Å². The molecule has 0 radical (unpaired) electrons. The Morgan fingerprint density at radius 2 is 0.693 bits per heavy atom. The van der Waals surface area contributed by atoms with Crippen molar-refractivity contribution in [3.8, 4) is 0 Å². The number of phosphoric ester groups is 1. The summed E-state index contributed by atoms with van der Waals surface area (Å²) in [5.41, 5.74) is 0. The molecule has 9 nitrogen and oxygen atoms in total.